The zero-order valence-electron chi connectivity index (χ0n) is 10.9. The number of carbonyl (C=O) groups excluding carboxylic acids is 1. The molecule has 1 heterocycles. The Morgan fingerprint density at radius 1 is 1.40 bits per heavy atom. The molecular formula is C14H15F2N2O2+. The Labute approximate surface area is 114 Å². The molecule has 0 saturated heterocycles. The fourth-order valence-electron chi connectivity index (χ4n) is 1.74. The molecule has 4 nitrogen and oxygen atoms in total. The van der Waals surface area contributed by atoms with Crippen molar-refractivity contribution in [2.45, 2.75) is 13.0 Å². The summed E-state index contributed by atoms with van der Waals surface area (Å²) in [6, 6.07) is 6.46. The van der Waals surface area contributed by atoms with Gasteiger partial charge in [0.25, 0.3) is 5.91 Å². The molecule has 106 valence electrons. The normalized spacial score (nSPS) is 12.2. The Hall–Kier alpha value is -2.21. The summed E-state index contributed by atoms with van der Waals surface area (Å²) in [5, 5.41) is 4.08. The Bertz CT molecular complexity index is 585. The third kappa shape index (κ3) is 3.64. The molecule has 0 aliphatic carbocycles. The Morgan fingerprint density at radius 3 is 2.90 bits per heavy atom. The molecule has 0 bridgehead atoms. The van der Waals surface area contributed by atoms with E-state index < -0.39 is 17.5 Å². The smallest absolute Gasteiger partial charge is 0.279 e. The number of hydrogen-bond donors (Lipinski definition) is 2. The van der Waals surface area contributed by atoms with E-state index in [1.165, 1.54) is 0 Å². The van der Waals surface area contributed by atoms with Crippen LogP contribution in [0.1, 0.15) is 18.7 Å². The lowest BCUT2D eigenvalue weighted by atomic mass is 10.2. The zero-order chi connectivity index (χ0) is 14.5. The zero-order valence-corrected chi connectivity index (χ0v) is 10.9. The molecule has 0 fully saturated rings. The SMILES string of the molecule is C[C@H]([NH2+]CC(=O)Nc1cc(F)ccc1F)c1ccco1. The van der Waals surface area contributed by atoms with Crippen LogP contribution in [0.2, 0.25) is 0 Å². The highest BCUT2D eigenvalue weighted by Crippen LogP contribution is 2.14. The van der Waals surface area contributed by atoms with Gasteiger partial charge in [-0.3, -0.25) is 4.79 Å². The van der Waals surface area contributed by atoms with Crippen molar-refractivity contribution in [1.82, 2.24) is 0 Å². The maximum absolute atomic E-state index is 13.3. The summed E-state index contributed by atoms with van der Waals surface area (Å²) in [7, 11) is 0. The molecule has 0 aliphatic heterocycles. The molecule has 20 heavy (non-hydrogen) atoms. The van der Waals surface area contributed by atoms with Gasteiger partial charge in [0.05, 0.1) is 12.0 Å². The van der Waals surface area contributed by atoms with E-state index in [0.29, 0.717) is 0 Å². The van der Waals surface area contributed by atoms with Gasteiger partial charge in [-0.15, -0.1) is 0 Å². The maximum atomic E-state index is 13.3. The lowest BCUT2D eigenvalue weighted by Crippen LogP contribution is -2.86. The van der Waals surface area contributed by atoms with Crippen molar-refractivity contribution < 1.29 is 23.3 Å². The molecule has 1 atom stereocenters. The minimum atomic E-state index is -0.668. The lowest BCUT2D eigenvalue weighted by Gasteiger charge is -2.09. The largest absolute Gasteiger partial charge is 0.463 e. The number of nitrogens with two attached hydrogens (primary N) is 1. The van der Waals surface area contributed by atoms with Crippen molar-refractivity contribution in [3.63, 3.8) is 0 Å². The summed E-state index contributed by atoms with van der Waals surface area (Å²) in [6.07, 6.45) is 1.56. The molecule has 1 aromatic carbocycles. The van der Waals surface area contributed by atoms with Gasteiger partial charge in [0, 0.05) is 6.07 Å². The molecule has 3 N–H and O–H groups in total. The third-order valence-corrected chi connectivity index (χ3v) is 2.85. The molecule has 0 unspecified atom stereocenters. The number of amides is 1. The Morgan fingerprint density at radius 2 is 2.20 bits per heavy atom. The minimum absolute atomic E-state index is 0.0342. The molecule has 2 aromatic rings. The average molecular weight is 281 g/mol. The minimum Gasteiger partial charge on any atom is -0.463 e. The van der Waals surface area contributed by atoms with E-state index >= 15 is 0 Å². The predicted molar refractivity (Wildman–Crippen MR) is 68.9 cm³/mol. The van der Waals surface area contributed by atoms with Gasteiger partial charge in [0.2, 0.25) is 0 Å². The maximum Gasteiger partial charge on any atom is 0.279 e. The number of benzene rings is 1. The quantitative estimate of drug-likeness (QED) is 0.878. The Kier molecular flexibility index (Phi) is 4.47. The summed E-state index contributed by atoms with van der Waals surface area (Å²) < 4.78 is 31.5. The second kappa shape index (κ2) is 6.29. The second-order valence-electron chi connectivity index (χ2n) is 4.42. The van der Waals surface area contributed by atoms with Crippen LogP contribution in [-0.2, 0) is 4.79 Å². The van der Waals surface area contributed by atoms with Crippen LogP contribution in [-0.4, -0.2) is 12.5 Å². The van der Waals surface area contributed by atoms with E-state index in [-0.39, 0.29) is 18.3 Å². The van der Waals surface area contributed by atoms with Crippen LogP contribution in [0, 0.1) is 11.6 Å². The number of hydrogen-bond acceptors (Lipinski definition) is 2. The van der Waals surface area contributed by atoms with Crippen LogP contribution in [0.4, 0.5) is 14.5 Å². The Balaban J connectivity index is 1.88. The number of quaternary nitrogens is 1. The molecule has 1 amide bonds. The summed E-state index contributed by atoms with van der Waals surface area (Å²) >= 11 is 0. The first kappa shape index (κ1) is 14.2. The van der Waals surface area contributed by atoms with E-state index in [1.54, 1.807) is 17.6 Å². The molecule has 0 spiro atoms. The van der Waals surface area contributed by atoms with Gasteiger partial charge in [0.1, 0.15) is 17.7 Å². The first-order valence-corrected chi connectivity index (χ1v) is 6.18. The van der Waals surface area contributed by atoms with Crippen molar-refractivity contribution in [3.05, 3.63) is 54.0 Å². The van der Waals surface area contributed by atoms with Gasteiger partial charge in [-0.1, -0.05) is 0 Å². The highest BCUT2D eigenvalue weighted by molar-refractivity contribution is 5.91. The van der Waals surface area contributed by atoms with Crippen LogP contribution in [0.25, 0.3) is 0 Å². The monoisotopic (exact) mass is 281 g/mol. The number of anilines is 1. The fraction of sp³-hybridized carbons (Fsp3) is 0.214. The van der Waals surface area contributed by atoms with Gasteiger partial charge in [-0.05, 0) is 31.2 Å². The molecule has 6 heteroatoms. The molecule has 0 aliphatic rings. The second-order valence-corrected chi connectivity index (χ2v) is 4.42. The summed E-state index contributed by atoms with van der Waals surface area (Å²) in [6.45, 7) is 1.96. The van der Waals surface area contributed by atoms with E-state index in [9.17, 15) is 13.6 Å². The van der Waals surface area contributed by atoms with Crippen LogP contribution in [0.15, 0.2) is 41.0 Å². The van der Waals surface area contributed by atoms with E-state index in [0.717, 1.165) is 24.0 Å². The highest BCUT2D eigenvalue weighted by atomic mass is 19.1. The first-order chi connectivity index (χ1) is 9.56. The summed E-state index contributed by atoms with van der Waals surface area (Å²) in [5.41, 5.74) is -0.158. The summed E-state index contributed by atoms with van der Waals surface area (Å²) in [5.74, 6) is -0.934. The average Bonchev–Trinajstić information content (AvgIpc) is 2.94. The van der Waals surface area contributed by atoms with Crippen molar-refractivity contribution >= 4 is 11.6 Å². The summed E-state index contributed by atoms with van der Waals surface area (Å²) in [4.78, 5) is 11.7. The standard InChI is InChI=1S/C14H14F2N2O2/c1-9(13-3-2-6-20-13)17-8-14(19)18-12-7-10(15)4-5-11(12)16/h2-7,9,17H,8H2,1H3,(H,18,19)/p+1/t9-/m0/s1. The van der Waals surface area contributed by atoms with Crippen molar-refractivity contribution in [2.24, 2.45) is 0 Å². The van der Waals surface area contributed by atoms with E-state index in [4.69, 9.17) is 4.42 Å². The van der Waals surface area contributed by atoms with Gasteiger partial charge < -0.3 is 15.1 Å². The van der Waals surface area contributed by atoms with E-state index in [1.807, 2.05) is 13.0 Å². The number of furan rings is 1. The van der Waals surface area contributed by atoms with Gasteiger partial charge in [0.15, 0.2) is 12.3 Å². The molecular weight excluding hydrogens is 266 g/mol. The van der Waals surface area contributed by atoms with Gasteiger partial charge >= 0.3 is 0 Å². The molecule has 2 rings (SSSR count). The van der Waals surface area contributed by atoms with Crippen molar-refractivity contribution in [1.29, 1.82) is 0 Å². The fourth-order valence-corrected chi connectivity index (χ4v) is 1.74. The first-order valence-electron chi connectivity index (χ1n) is 6.18. The van der Waals surface area contributed by atoms with E-state index in [2.05, 4.69) is 5.32 Å². The van der Waals surface area contributed by atoms with Crippen LogP contribution in [0.3, 0.4) is 0 Å². The molecule has 1 aromatic heterocycles. The number of rotatable bonds is 5. The number of carbonyl (C=O) groups is 1. The topological polar surface area (TPSA) is 58.9 Å². The predicted octanol–water partition coefficient (Wildman–Crippen LogP) is 1.82. The van der Waals surface area contributed by atoms with Gasteiger partial charge in [-0.2, -0.15) is 0 Å². The van der Waals surface area contributed by atoms with Crippen molar-refractivity contribution in [2.75, 3.05) is 11.9 Å². The van der Waals surface area contributed by atoms with Crippen LogP contribution < -0.4 is 10.6 Å². The van der Waals surface area contributed by atoms with Crippen molar-refractivity contribution in [3.8, 4) is 0 Å². The number of halogens is 2. The van der Waals surface area contributed by atoms with Gasteiger partial charge in [-0.25, -0.2) is 8.78 Å². The molecule has 0 saturated carbocycles. The lowest BCUT2D eigenvalue weighted by molar-refractivity contribution is -0.684. The number of nitrogens with one attached hydrogen (secondary N) is 1. The third-order valence-electron chi connectivity index (χ3n) is 2.85. The van der Waals surface area contributed by atoms with Crippen LogP contribution in [0.5, 0.6) is 0 Å². The van der Waals surface area contributed by atoms with Crippen LogP contribution >= 0.6 is 0 Å². The molecule has 0 radical (unpaired) electrons. The highest BCUT2D eigenvalue weighted by Gasteiger charge is 2.14.